The summed E-state index contributed by atoms with van der Waals surface area (Å²) in [5.74, 6) is -2.17. The Kier molecular flexibility index (Phi) is 5.53. The average molecular weight is 318 g/mol. The van der Waals surface area contributed by atoms with E-state index in [1.807, 2.05) is 30.3 Å². The Labute approximate surface area is 136 Å². The molecule has 5 nitrogen and oxygen atoms in total. The van der Waals surface area contributed by atoms with Crippen molar-refractivity contribution in [3.8, 4) is 0 Å². The van der Waals surface area contributed by atoms with Crippen LogP contribution in [0.3, 0.4) is 0 Å². The summed E-state index contributed by atoms with van der Waals surface area (Å²) in [4.78, 5) is 36.9. The average Bonchev–Trinajstić information content (AvgIpc) is 2.96. The summed E-state index contributed by atoms with van der Waals surface area (Å²) in [5.41, 5.74) is -0.665. The van der Waals surface area contributed by atoms with Crippen molar-refractivity contribution < 1.29 is 23.9 Å². The minimum Gasteiger partial charge on any atom is -0.465 e. The van der Waals surface area contributed by atoms with E-state index in [4.69, 9.17) is 9.47 Å². The molecule has 0 spiro atoms. The van der Waals surface area contributed by atoms with Crippen LogP contribution in [0.25, 0.3) is 0 Å². The van der Waals surface area contributed by atoms with Crippen molar-refractivity contribution in [3.63, 3.8) is 0 Å². The smallest absolute Gasteiger partial charge is 0.324 e. The fraction of sp³-hybridized carbons (Fsp3) is 0.500. The first-order valence-electron chi connectivity index (χ1n) is 7.96. The van der Waals surface area contributed by atoms with Crippen LogP contribution in [-0.2, 0) is 23.9 Å². The van der Waals surface area contributed by atoms with E-state index in [-0.39, 0.29) is 19.6 Å². The first kappa shape index (κ1) is 17.2. The van der Waals surface area contributed by atoms with E-state index in [1.54, 1.807) is 13.8 Å². The zero-order chi connectivity index (χ0) is 16.9. The molecule has 0 bridgehead atoms. The van der Waals surface area contributed by atoms with Crippen LogP contribution in [0.2, 0.25) is 0 Å². The van der Waals surface area contributed by atoms with Crippen molar-refractivity contribution in [2.75, 3.05) is 13.2 Å². The molecule has 1 saturated carbocycles. The van der Waals surface area contributed by atoms with Gasteiger partial charge in [0.2, 0.25) is 0 Å². The van der Waals surface area contributed by atoms with Gasteiger partial charge in [0, 0.05) is 11.8 Å². The van der Waals surface area contributed by atoms with Crippen molar-refractivity contribution in [2.24, 2.45) is 11.3 Å². The summed E-state index contributed by atoms with van der Waals surface area (Å²) in [6, 6.07) is 9.18. The van der Waals surface area contributed by atoms with Gasteiger partial charge in [0.1, 0.15) is 6.29 Å². The highest BCUT2D eigenvalue weighted by Gasteiger charge is 2.61. The van der Waals surface area contributed by atoms with E-state index >= 15 is 0 Å². The van der Waals surface area contributed by atoms with Crippen molar-refractivity contribution in [1.82, 2.24) is 0 Å². The zero-order valence-electron chi connectivity index (χ0n) is 13.5. The van der Waals surface area contributed by atoms with Gasteiger partial charge in [0.05, 0.1) is 13.2 Å². The van der Waals surface area contributed by atoms with E-state index in [0.717, 1.165) is 11.8 Å². The third kappa shape index (κ3) is 3.00. The van der Waals surface area contributed by atoms with Crippen LogP contribution in [0.15, 0.2) is 30.3 Å². The molecule has 0 aliphatic heterocycles. The Bertz CT molecular complexity index is 548. The maximum Gasteiger partial charge on any atom is 0.324 e. The summed E-state index contributed by atoms with van der Waals surface area (Å²) in [7, 11) is 0. The Morgan fingerprint density at radius 1 is 1.13 bits per heavy atom. The topological polar surface area (TPSA) is 69.7 Å². The van der Waals surface area contributed by atoms with E-state index in [0.29, 0.717) is 6.42 Å². The number of carbonyl (C=O) groups is 3. The maximum atomic E-state index is 12.7. The number of benzene rings is 1. The molecule has 23 heavy (non-hydrogen) atoms. The van der Waals surface area contributed by atoms with E-state index in [2.05, 4.69) is 0 Å². The molecule has 2 unspecified atom stereocenters. The molecule has 2 rings (SSSR count). The Morgan fingerprint density at radius 3 is 2.17 bits per heavy atom. The normalized spacial score (nSPS) is 22.3. The van der Waals surface area contributed by atoms with Gasteiger partial charge >= 0.3 is 11.9 Å². The lowest BCUT2D eigenvalue weighted by atomic mass is 9.71. The number of hydrogen-bond acceptors (Lipinski definition) is 5. The molecule has 1 aliphatic carbocycles. The van der Waals surface area contributed by atoms with Gasteiger partial charge in [-0.15, -0.1) is 0 Å². The molecule has 124 valence electrons. The maximum absolute atomic E-state index is 12.7. The highest BCUT2D eigenvalue weighted by molar-refractivity contribution is 6.02. The number of rotatable bonds is 6. The molecule has 5 heteroatoms. The first-order valence-corrected chi connectivity index (χ1v) is 7.96. The van der Waals surface area contributed by atoms with Crippen LogP contribution >= 0.6 is 0 Å². The number of esters is 2. The van der Waals surface area contributed by atoms with Gasteiger partial charge in [0.25, 0.3) is 0 Å². The van der Waals surface area contributed by atoms with Gasteiger partial charge in [-0.25, -0.2) is 0 Å². The van der Waals surface area contributed by atoms with Crippen LogP contribution in [0.5, 0.6) is 0 Å². The highest BCUT2D eigenvalue weighted by Crippen LogP contribution is 2.53. The van der Waals surface area contributed by atoms with Crippen molar-refractivity contribution >= 4 is 18.2 Å². The molecule has 2 atom stereocenters. The Hall–Kier alpha value is -2.17. The predicted molar refractivity (Wildman–Crippen MR) is 83.7 cm³/mol. The minimum atomic E-state index is -1.45. The van der Waals surface area contributed by atoms with Gasteiger partial charge < -0.3 is 14.3 Å². The molecule has 1 aliphatic rings. The molecule has 1 aromatic rings. The molecule has 0 amide bonds. The molecule has 0 radical (unpaired) electrons. The Morgan fingerprint density at radius 2 is 1.70 bits per heavy atom. The third-order valence-corrected chi connectivity index (χ3v) is 4.44. The van der Waals surface area contributed by atoms with Crippen LogP contribution in [0, 0.1) is 11.3 Å². The quantitative estimate of drug-likeness (QED) is 0.458. The molecular weight excluding hydrogens is 296 g/mol. The van der Waals surface area contributed by atoms with Gasteiger partial charge in [-0.3, -0.25) is 9.59 Å². The van der Waals surface area contributed by atoms with Crippen molar-refractivity contribution in [3.05, 3.63) is 35.9 Å². The Balaban J connectivity index is 2.55. The standard InChI is InChI=1S/C18H22O5/c1-3-22-16(20)18(17(21)23-4-2)11-10-14(12-19)15(18)13-8-6-5-7-9-13/h5-9,12,14-15H,3-4,10-11H2,1-2H3. The molecule has 0 aromatic heterocycles. The van der Waals surface area contributed by atoms with Gasteiger partial charge in [0.15, 0.2) is 5.41 Å². The summed E-state index contributed by atoms with van der Waals surface area (Å²) in [6.45, 7) is 3.74. The summed E-state index contributed by atoms with van der Waals surface area (Å²) in [5, 5.41) is 0. The van der Waals surface area contributed by atoms with E-state index in [9.17, 15) is 14.4 Å². The zero-order valence-corrected chi connectivity index (χ0v) is 13.5. The SMILES string of the molecule is CCOC(=O)C1(C(=O)OCC)CCC(C=O)C1c1ccccc1. The number of ether oxygens (including phenoxy) is 2. The fourth-order valence-corrected chi connectivity index (χ4v) is 3.48. The summed E-state index contributed by atoms with van der Waals surface area (Å²) < 4.78 is 10.4. The lowest BCUT2D eigenvalue weighted by molar-refractivity contribution is -0.173. The molecule has 0 N–H and O–H groups in total. The largest absolute Gasteiger partial charge is 0.465 e. The van der Waals surface area contributed by atoms with E-state index in [1.165, 1.54) is 0 Å². The lowest BCUT2D eigenvalue weighted by Gasteiger charge is -2.32. The monoisotopic (exact) mass is 318 g/mol. The lowest BCUT2D eigenvalue weighted by Crippen LogP contribution is -2.45. The molecule has 1 aromatic carbocycles. The second kappa shape index (κ2) is 7.40. The summed E-state index contributed by atoms with van der Waals surface area (Å²) >= 11 is 0. The second-order valence-electron chi connectivity index (χ2n) is 5.64. The number of carbonyl (C=O) groups excluding carboxylic acids is 3. The number of aldehydes is 1. The molecular formula is C18H22O5. The van der Waals surface area contributed by atoms with Crippen molar-refractivity contribution in [1.29, 1.82) is 0 Å². The van der Waals surface area contributed by atoms with Crippen LogP contribution < -0.4 is 0 Å². The van der Waals surface area contributed by atoms with E-state index < -0.39 is 29.2 Å². The third-order valence-electron chi connectivity index (χ3n) is 4.44. The van der Waals surface area contributed by atoms with Crippen molar-refractivity contribution in [2.45, 2.75) is 32.6 Å². The molecule has 0 heterocycles. The fourth-order valence-electron chi connectivity index (χ4n) is 3.48. The van der Waals surface area contributed by atoms with Crippen LogP contribution in [0.4, 0.5) is 0 Å². The van der Waals surface area contributed by atoms with Gasteiger partial charge in [-0.05, 0) is 32.3 Å². The van der Waals surface area contributed by atoms with Gasteiger partial charge in [-0.2, -0.15) is 0 Å². The molecule has 1 fully saturated rings. The van der Waals surface area contributed by atoms with Crippen LogP contribution in [-0.4, -0.2) is 31.4 Å². The second-order valence-corrected chi connectivity index (χ2v) is 5.64. The van der Waals surface area contributed by atoms with Crippen LogP contribution in [0.1, 0.15) is 38.2 Å². The van der Waals surface area contributed by atoms with Gasteiger partial charge in [-0.1, -0.05) is 30.3 Å². The predicted octanol–water partition coefficient (Wildman–Crippen LogP) is 2.49. The summed E-state index contributed by atoms with van der Waals surface area (Å²) in [6.07, 6.45) is 1.55. The number of hydrogen-bond donors (Lipinski definition) is 0. The first-order chi connectivity index (χ1) is 11.1. The molecule has 0 saturated heterocycles. The highest BCUT2D eigenvalue weighted by atomic mass is 16.6. The minimum absolute atomic E-state index is 0.174.